The molecule has 41 heavy (non-hydrogen) atoms. The number of carbonyl (C=O) groups is 2. The zero-order chi connectivity index (χ0) is 30.3. The maximum Gasteiger partial charge on any atom is 0.264 e. The van der Waals surface area contributed by atoms with Crippen LogP contribution in [-0.4, -0.2) is 44.3 Å². The van der Waals surface area contributed by atoms with Crippen molar-refractivity contribution in [1.29, 1.82) is 0 Å². The minimum absolute atomic E-state index is 0.00116. The number of sulfonamides is 1. The number of nitrogens with one attached hydrogen (secondary N) is 1. The van der Waals surface area contributed by atoms with Gasteiger partial charge < -0.3 is 10.2 Å². The van der Waals surface area contributed by atoms with Crippen LogP contribution in [-0.2, 0) is 26.2 Å². The van der Waals surface area contributed by atoms with Gasteiger partial charge in [0.15, 0.2) is 0 Å². The number of benzene rings is 3. The van der Waals surface area contributed by atoms with Crippen LogP contribution < -0.4 is 9.62 Å². The lowest BCUT2D eigenvalue weighted by Crippen LogP contribution is -2.52. The van der Waals surface area contributed by atoms with Crippen molar-refractivity contribution < 1.29 is 18.0 Å². The number of nitrogens with zero attached hydrogens (tertiary/aromatic N) is 2. The van der Waals surface area contributed by atoms with Crippen LogP contribution >= 0.6 is 23.2 Å². The Morgan fingerprint density at radius 2 is 1.49 bits per heavy atom. The van der Waals surface area contributed by atoms with E-state index in [0.29, 0.717) is 13.0 Å². The van der Waals surface area contributed by atoms with Crippen molar-refractivity contribution in [3.8, 4) is 0 Å². The van der Waals surface area contributed by atoms with Crippen molar-refractivity contribution in [2.75, 3.05) is 17.4 Å². The first-order valence-electron chi connectivity index (χ1n) is 13.5. The van der Waals surface area contributed by atoms with Crippen LogP contribution in [0.3, 0.4) is 0 Å². The van der Waals surface area contributed by atoms with E-state index >= 15 is 0 Å². The minimum atomic E-state index is -4.25. The molecule has 0 unspecified atom stereocenters. The van der Waals surface area contributed by atoms with Crippen molar-refractivity contribution in [3.05, 3.63) is 93.5 Å². The van der Waals surface area contributed by atoms with Crippen molar-refractivity contribution in [1.82, 2.24) is 10.2 Å². The third-order valence-electron chi connectivity index (χ3n) is 6.63. The van der Waals surface area contributed by atoms with Crippen LogP contribution in [0.5, 0.6) is 0 Å². The van der Waals surface area contributed by atoms with Gasteiger partial charge in [-0.2, -0.15) is 0 Å². The van der Waals surface area contributed by atoms with Crippen molar-refractivity contribution in [3.63, 3.8) is 0 Å². The molecular weight excluding hydrogens is 581 g/mol. The van der Waals surface area contributed by atoms with Crippen molar-refractivity contribution in [2.45, 2.75) is 58.5 Å². The molecule has 1 atom stereocenters. The number of hydrogen-bond donors (Lipinski definition) is 1. The summed E-state index contributed by atoms with van der Waals surface area (Å²) in [6.07, 6.45) is 0.337. The Hall–Kier alpha value is -3.07. The Morgan fingerprint density at radius 1 is 0.902 bits per heavy atom. The molecule has 3 rings (SSSR count). The molecule has 0 bridgehead atoms. The highest BCUT2D eigenvalue weighted by Crippen LogP contribution is 2.35. The summed E-state index contributed by atoms with van der Waals surface area (Å²) < 4.78 is 28.9. The Labute approximate surface area is 253 Å². The number of hydrogen-bond acceptors (Lipinski definition) is 4. The van der Waals surface area contributed by atoms with Gasteiger partial charge in [-0.05, 0) is 56.0 Å². The van der Waals surface area contributed by atoms with Crippen LogP contribution in [0.1, 0.15) is 43.9 Å². The molecule has 0 fully saturated rings. The van der Waals surface area contributed by atoms with E-state index in [-0.39, 0.29) is 39.0 Å². The topological polar surface area (TPSA) is 86.8 Å². The fourth-order valence-corrected chi connectivity index (χ4v) is 6.14. The maximum absolute atomic E-state index is 14.1. The summed E-state index contributed by atoms with van der Waals surface area (Å²) in [6, 6.07) is 17.8. The molecule has 0 aliphatic heterocycles. The molecule has 0 aliphatic carbocycles. The molecular formula is C31H37Cl2N3O4S. The standard InChI is InChI=1S/C31H37Cl2N3O4S/c1-6-27(31(38)34-18-21(2)3)35(19-24-14-10-22(4)11-15-24)29(37)20-36(28-9-7-8-26(32)30(28)33)41(39,40)25-16-12-23(5)13-17-25/h7-17,21,27H,6,18-20H2,1-5H3,(H,34,38)/t27-/m0/s1. The molecule has 2 amide bonds. The lowest BCUT2D eigenvalue weighted by atomic mass is 10.1. The molecule has 0 aliphatic rings. The molecule has 0 saturated carbocycles. The van der Waals surface area contributed by atoms with E-state index in [2.05, 4.69) is 5.32 Å². The van der Waals surface area contributed by atoms with Crippen molar-refractivity contribution in [2.24, 2.45) is 5.92 Å². The van der Waals surface area contributed by atoms with Gasteiger partial charge >= 0.3 is 0 Å². The third-order valence-corrected chi connectivity index (χ3v) is 9.21. The van der Waals surface area contributed by atoms with Gasteiger partial charge in [-0.1, -0.05) is 97.6 Å². The first-order valence-corrected chi connectivity index (χ1v) is 15.7. The molecule has 10 heteroatoms. The number of amides is 2. The number of halogens is 2. The quantitative estimate of drug-likeness (QED) is 0.255. The number of anilines is 1. The Morgan fingerprint density at radius 3 is 2.05 bits per heavy atom. The minimum Gasteiger partial charge on any atom is -0.354 e. The highest BCUT2D eigenvalue weighted by Gasteiger charge is 2.34. The van der Waals surface area contributed by atoms with Gasteiger partial charge in [0.25, 0.3) is 10.0 Å². The van der Waals surface area contributed by atoms with E-state index in [1.807, 2.05) is 58.9 Å². The summed E-state index contributed by atoms with van der Waals surface area (Å²) in [5, 5.41) is 3.08. The maximum atomic E-state index is 14.1. The number of rotatable bonds is 12. The second kappa shape index (κ2) is 14.2. The van der Waals surface area contributed by atoms with E-state index < -0.39 is 28.5 Å². The summed E-state index contributed by atoms with van der Waals surface area (Å²) in [5.41, 5.74) is 2.82. The van der Waals surface area contributed by atoms with E-state index in [4.69, 9.17) is 23.2 Å². The number of aryl methyl sites for hydroxylation is 2. The van der Waals surface area contributed by atoms with E-state index in [9.17, 15) is 18.0 Å². The van der Waals surface area contributed by atoms with Gasteiger partial charge in [-0.3, -0.25) is 13.9 Å². The van der Waals surface area contributed by atoms with Crippen LogP contribution in [0.15, 0.2) is 71.6 Å². The molecule has 7 nitrogen and oxygen atoms in total. The van der Waals surface area contributed by atoms with Crippen molar-refractivity contribution >= 4 is 50.7 Å². The molecule has 0 radical (unpaired) electrons. The largest absolute Gasteiger partial charge is 0.354 e. The molecule has 1 N–H and O–H groups in total. The highest BCUT2D eigenvalue weighted by molar-refractivity contribution is 7.92. The molecule has 0 heterocycles. The van der Waals surface area contributed by atoms with E-state index in [1.54, 1.807) is 24.3 Å². The fourth-order valence-electron chi connectivity index (χ4n) is 4.27. The fraction of sp³-hybridized carbons (Fsp3) is 0.355. The Balaban J connectivity index is 2.08. The highest BCUT2D eigenvalue weighted by atomic mass is 35.5. The molecule has 0 spiro atoms. The first-order chi connectivity index (χ1) is 19.3. The average Bonchev–Trinajstić information content (AvgIpc) is 2.93. The molecule has 0 aromatic heterocycles. The normalized spacial score (nSPS) is 12.2. The van der Waals surface area contributed by atoms with Crippen LogP contribution in [0.2, 0.25) is 10.0 Å². The monoisotopic (exact) mass is 617 g/mol. The summed E-state index contributed by atoms with van der Waals surface area (Å²) in [4.78, 5) is 28.9. The zero-order valence-corrected chi connectivity index (χ0v) is 26.4. The third kappa shape index (κ3) is 8.24. The summed E-state index contributed by atoms with van der Waals surface area (Å²) in [6.45, 7) is 9.59. The summed E-state index contributed by atoms with van der Waals surface area (Å²) >= 11 is 12.8. The van der Waals surface area contributed by atoms with Gasteiger partial charge in [0.05, 0.1) is 20.6 Å². The van der Waals surface area contributed by atoms with Gasteiger partial charge in [-0.15, -0.1) is 0 Å². The lowest BCUT2D eigenvalue weighted by molar-refractivity contribution is -0.140. The first kappa shape index (κ1) is 32.4. The SMILES string of the molecule is CC[C@@H](C(=O)NCC(C)C)N(Cc1ccc(C)cc1)C(=O)CN(c1cccc(Cl)c1Cl)S(=O)(=O)c1ccc(C)cc1. The van der Waals surface area contributed by atoms with E-state index in [1.165, 1.54) is 23.1 Å². The van der Waals surface area contributed by atoms with Gasteiger partial charge in [0, 0.05) is 13.1 Å². The van der Waals surface area contributed by atoms with Gasteiger partial charge in [0.2, 0.25) is 11.8 Å². The smallest absolute Gasteiger partial charge is 0.264 e. The van der Waals surface area contributed by atoms with Crippen LogP contribution in [0, 0.1) is 19.8 Å². The predicted octanol–water partition coefficient (Wildman–Crippen LogP) is 6.39. The molecule has 220 valence electrons. The summed E-state index contributed by atoms with van der Waals surface area (Å²) in [5.74, 6) is -0.628. The lowest BCUT2D eigenvalue weighted by Gasteiger charge is -2.33. The molecule has 0 saturated heterocycles. The molecule has 3 aromatic rings. The van der Waals surface area contributed by atoms with Crippen LogP contribution in [0.4, 0.5) is 5.69 Å². The van der Waals surface area contributed by atoms with Gasteiger partial charge in [-0.25, -0.2) is 8.42 Å². The van der Waals surface area contributed by atoms with E-state index in [0.717, 1.165) is 21.0 Å². The Bertz CT molecular complexity index is 1460. The second-order valence-corrected chi connectivity index (χ2v) is 13.1. The van der Waals surface area contributed by atoms with Crippen LogP contribution in [0.25, 0.3) is 0 Å². The average molecular weight is 619 g/mol. The van der Waals surface area contributed by atoms with Gasteiger partial charge in [0.1, 0.15) is 12.6 Å². The zero-order valence-electron chi connectivity index (χ0n) is 24.0. The number of carbonyl (C=O) groups excluding carboxylic acids is 2. The Kier molecular flexibility index (Phi) is 11.2. The molecule has 3 aromatic carbocycles. The summed E-state index contributed by atoms with van der Waals surface area (Å²) in [7, 11) is -4.25. The second-order valence-electron chi connectivity index (χ2n) is 10.5. The predicted molar refractivity (Wildman–Crippen MR) is 166 cm³/mol.